The highest BCUT2D eigenvalue weighted by Crippen LogP contribution is 2.32. The first-order chi connectivity index (χ1) is 8.12. The highest BCUT2D eigenvalue weighted by atomic mass is 15.0. The van der Waals surface area contributed by atoms with E-state index in [1.54, 1.807) is 0 Å². The SMILES string of the molecule is CC(C)(C#N)CNC1CCCC1C1CCCN1. The summed E-state index contributed by atoms with van der Waals surface area (Å²) in [5.74, 6) is 0.784. The number of nitrogens with zero attached hydrogens (tertiary/aromatic N) is 1. The number of nitriles is 1. The first-order valence-corrected chi connectivity index (χ1v) is 7.00. The zero-order valence-corrected chi connectivity index (χ0v) is 11.1. The zero-order chi connectivity index (χ0) is 12.3. The molecule has 0 spiro atoms. The van der Waals surface area contributed by atoms with E-state index in [2.05, 4.69) is 16.7 Å². The Kier molecular flexibility index (Phi) is 4.06. The second kappa shape index (κ2) is 5.37. The van der Waals surface area contributed by atoms with E-state index in [1.165, 1.54) is 38.6 Å². The lowest BCUT2D eigenvalue weighted by Gasteiger charge is -2.28. The molecule has 0 bridgehead atoms. The third kappa shape index (κ3) is 3.20. The van der Waals surface area contributed by atoms with Crippen molar-refractivity contribution in [3.05, 3.63) is 0 Å². The van der Waals surface area contributed by atoms with E-state index in [-0.39, 0.29) is 5.41 Å². The van der Waals surface area contributed by atoms with Crippen molar-refractivity contribution in [2.45, 2.75) is 58.0 Å². The molecule has 0 amide bonds. The van der Waals surface area contributed by atoms with Crippen LogP contribution in [0.1, 0.15) is 46.0 Å². The molecule has 3 unspecified atom stereocenters. The van der Waals surface area contributed by atoms with Gasteiger partial charge in [0, 0.05) is 18.6 Å². The molecule has 2 fully saturated rings. The summed E-state index contributed by atoms with van der Waals surface area (Å²) in [4.78, 5) is 0. The lowest BCUT2D eigenvalue weighted by atomic mass is 9.91. The summed E-state index contributed by atoms with van der Waals surface area (Å²) in [6, 6.07) is 3.72. The maximum absolute atomic E-state index is 9.04. The molecule has 0 aromatic carbocycles. The van der Waals surface area contributed by atoms with Crippen LogP contribution in [0.3, 0.4) is 0 Å². The van der Waals surface area contributed by atoms with Crippen LogP contribution >= 0.6 is 0 Å². The van der Waals surface area contributed by atoms with Crippen molar-refractivity contribution in [2.75, 3.05) is 13.1 Å². The van der Waals surface area contributed by atoms with Gasteiger partial charge in [-0.2, -0.15) is 5.26 Å². The van der Waals surface area contributed by atoms with Crippen LogP contribution in [0.15, 0.2) is 0 Å². The van der Waals surface area contributed by atoms with Crippen molar-refractivity contribution in [1.29, 1.82) is 5.26 Å². The maximum atomic E-state index is 9.04. The molecule has 17 heavy (non-hydrogen) atoms. The molecule has 3 nitrogen and oxygen atoms in total. The fourth-order valence-corrected chi connectivity index (χ4v) is 3.23. The Labute approximate surface area is 105 Å². The largest absolute Gasteiger partial charge is 0.314 e. The molecule has 1 saturated carbocycles. The van der Waals surface area contributed by atoms with Crippen molar-refractivity contribution in [2.24, 2.45) is 11.3 Å². The van der Waals surface area contributed by atoms with Crippen LogP contribution in [0.5, 0.6) is 0 Å². The molecule has 2 aliphatic rings. The van der Waals surface area contributed by atoms with Crippen LogP contribution in [0.25, 0.3) is 0 Å². The average Bonchev–Trinajstić information content (AvgIpc) is 2.96. The van der Waals surface area contributed by atoms with Gasteiger partial charge in [0.2, 0.25) is 0 Å². The Balaban J connectivity index is 1.85. The predicted molar refractivity (Wildman–Crippen MR) is 69.6 cm³/mol. The van der Waals surface area contributed by atoms with Crippen molar-refractivity contribution in [1.82, 2.24) is 10.6 Å². The van der Waals surface area contributed by atoms with Gasteiger partial charge in [-0.3, -0.25) is 0 Å². The topological polar surface area (TPSA) is 47.9 Å². The second-order valence-corrected chi connectivity index (χ2v) is 6.28. The van der Waals surface area contributed by atoms with E-state index in [4.69, 9.17) is 5.26 Å². The van der Waals surface area contributed by atoms with Crippen molar-refractivity contribution >= 4 is 0 Å². The molecule has 2 rings (SSSR count). The number of hydrogen-bond donors (Lipinski definition) is 2. The maximum Gasteiger partial charge on any atom is 0.0697 e. The minimum Gasteiger partial charge on any atom is -0.314 e. The van der Waals surface area contributed by atoms with Crippen molar-refractivity contribution < 1.29 is 0 Å². The quantitative estimate of drug-likeness (QED) is 0.784. The fraction of sp³-hybridized carbons (Fsp3) is 0.929. The van der Waals surface area contributed by atoms with Gasteiger partial charge in [-0.25, -0.2) is 0 Å². The van der Waals surface area contributed by atoms with E-state index in [1.807, 2.05) is 13.8 Å². The summed E-state index contributed by atoms with van der Waals surface area (Å²) >= 11 is 0. The van der Waals surface area contributed by atoms with E-state index >= 15 is 0 Å². The molecule has 1 saturated heterocycles. The smallest absolute Gasteiger partial charge is 0.0697 e. The molecule has 3 heteroatoms. The summed E-state index contributed by atoms with van der Waals surface area (Å²) in [7, 11) is 0. The van der Waals surface area contributed by atoms with Crippen LogP contribution in [0.2, 0.25) is 0 Å². The van der Waals surface area contributed by atoms with Crippen LogP contribution in [-0.2, 0) is 0 Å². The minimum absolute atomic E-state index is 0.240. The Bertz CT molecular complexity index is 286. The summed E-state index contributed by atoms with van der Waals surface area (Å²) in [6.07, 6.45) is 6.64. The standard InChI is InChI=1S/C14H25N3/c1-14(2,9-15)10-17-13-6-3-5-11(13)12-7-4-8-16-12/h11-13,16-17H,3-8,10H2,1-2H3. The first kappa shape index (κ1) is 12.9. The highest BCUT2D eigenvalue weighted by Gasteiger charge is 2.35. The summed E-state index contributed by atoms with van der Waals surface area (Å²) in [5, 5.41) is 16.3. The average molecular weight is 235 g/mol. The first-order valence-electron chi connectivity index (χ1n) is 7.00. The molecule has 0 aromatic rings. The lowest BCUT2D eigenvalue weighted by Crippen LogP contribution is -2.44. The van der Waals surface area contributed by atoms with Crippen LogP contribution in [0, 0.1) is 22.7 Å². The molecule has 0 aromatic heterocycles. The number of hydrogen-bond acceptors (Lipinski definition) is 3. The molecular formula is C14H25N3. The third-order valence-electron chi connectivity index (χ3n) is 4.29. The number of rotatable bonds is 4. The van der Waals surface area contributed by atoms with E-state index < -0.39 is 0 Å². The van der Waals surface area contributed by atoms with Crippen LogP contribution < -0.4 is 10.6 Å². The van der Waals surface area contributed by atoms with Crippen molar-refractivity contribution in [3.8, 4) is 6.07 Å². The molecule has 96 valence electrons. The Morgan fingerprint density at radius 2 is 2.12 bits per heavy atom. The fourth-order valence-electron chi connectivity index (χ4n) is 3.23. The van der Waals surface area contributed by atoms with E-state index in [9.17, 15) is 0 Å². The molecule has 1 heterocycles. The Morgan fingerprint density at radius 1 is 1.29 bits per heavy atom. The highest BCUT2D eigenvalue weighted by molar-refractivity contribution is 4.97. The summed E-state index contributed by atoms with van der Waals surface area (Å²) in [6.45, 7) is 6.03. The van der Waals surface area contributed by atoms with Gasteiger partial charge in [-0.1, -0.05) is 6.42 Å². The summed E-state index contributed by atoms with van der Waals surface area (Å²) < 4.78 is 0. The molecular weight excluding hydrogens is 210 g/mol. The van der Waals surface area contributed by atoms with Gasteiger partial charge in [-0.15, -0.1) is 0 Å². The summed E-state index contributed by atoms with van der Waals surface area (Å²) in [5.41, 5.74) is -0.240. The van der Waals surface area contributed by atoms with Gasteiger partial charge in [0.15, 0.2) is 0 Å². The van der Waals surface area contributed by atoms with E-state index in [0.717, 1.165) is 18.5 Å². The van der Waals surface area contributed by atoms with Crippen LogP contribution in [0.4, 0.5) is 0 Å². The van der Waals surface area contributed by atoms with E-state index in [0.29, 0.717) is 6.04 Å². The van der Waals surface area contributed by atoms with Gasteiger partial charge in [0.05, 0.1) is 11.5 Å². The number of nitrogens with one attached hydrogen (secondary N) is 2. The Hall–Kier alpha value is -0.590. The third-order valence-corrected chi connectivity index (χ3v) is 4.29. The molecule has 3 atom stereocenters. The minimum atomic E-state index is -0.240. The molecule has 2 N–H and O–H groups in total. The van der Waals surface area contributed by atoms with Gasteiger partial charge >= 0.3 is 0 Å². The molecule has 1 aliphatic carbocycles. The van der Waals surface area contributed by atoms with Gasteiger partial charge < -0.3 is 10.6 Å². The van der Waals surface area contributed by atoms with Crippen LogP contribution in [-0.4, -0.2) is 25.2 Å². The van der Waals surface area contributed by atoms with Crippen molar-refractivity contribution in [3.63, 3.8) is 0 Å². The van der Waals surface area contributed by atoms with Gasteiger partial charge in [0.1, 0.15) is 0 Å². The second-order valence-electron chi connectivity index (χ2n) is 6.28. The molecule has 1 aliphatic heterocycles. The lowest BCUT2D eigenvalue weighted by molar-refractivity contribution is 0.298. The monoisotopic (exact) mass is 235 g/mol. The van der Waals surface area contributed by atoms with Gasteiger partial charge in [-0.05, 0) is 52.0 Å². The molecule has 0 radical (unpaired) electrons. The normalized spacial score (nSPS) is 33.8. The Morgan fingerprint density at radius 3 is 2.76 bits per heavy atom. The predicted octanol–water partition coefficient (Wildman–Crippen LogP) is 2.05. The van der Waals surface area contributed by atoms with Gasteiger partial charge in [0.25, 0.3) is 0 Å². The zero-order valence-electron chi connectivity index (χ0n) is 11.1.